The van der Waals surface area contributed by atoms with E-state index >= 15 is 0 Å². The second-order valence-corrected chi connectivity index (χ2v) is 6.62. The Morgan fingerprint density at radius 2 is 1.96 bits per heavy atom. The van der Waals surface area contributed by atoms with Crippen LogP contribution in [0.15, 0.2) is 59.5 Å². The second-order valence-electron chi connectivity index (χ2n) is 6.62. The minimum absolute atomic E-state index is 0.0308. The molecule has 0 bridgehead atoms. The number of piperidine rings is 1. The molecular weight excluding hydrogens is 330 g/mol. The van der Waals surface area contributed by atoms with Gasteiger partial charge in [0.15, 0.2) is 5.65 Å². The van der Waals surface area contributed by atoms with E-state index in [1.165, 1.54) is 9.08 Å². The average Bonchev–Trinajstić information content (AvgIpc) is 2.99. The molecule has 134 valence electrons. The fourth-order valence-electron chi connectivity index (χ4n) is 3.41. The van der Waals surface area contributed by atoms with Crippen molar-refractivity contribution in [3.05, 3.63) is 65.2 Å². The number of fused-ring (bicyclic) bond motifs is 1. The molecule has 4 rings (SSSR count). The van der Waals surface area contributed by atoms with Crippen molar-refractivity contribution in [2.75, 3.05) is 18.4 Å². The summed E-state index contributed by atoms with van der Waals surface area (Å²) in [6.07, 6.45) is 3.50. The van der Waals surface area contributed by atoms with Gasteiger partial charge in [-0.1, -0.05) is 24.3 Å². The summed E-state index contributed by atoms with van der Waals surface area (Å²) in [5, 5.41) is 7.34. The van der Waals surface area contributed by atoms with Crippen LogP contribution in [0.1, 0.15) is 12.8 Å². The Morgan fingerprint density at radius 3 is 2.77 bits per heavy atom. The summed E-state index contributed by atoms with van der Waals surface area (Å²) < 4.78 is 3.00. The number of anilines is 1. The van der Waals surface area contributed by atoms with Crippen molar-refractivity contribution < 1.29 is 4.79 Å². The van der Waals surface area contributed by atoms with Crippen LogP contribution in [0, 0.1) is 5.92 Å². The van der Waals surface area contributed by atoms with Crippen LogP contribution in [0.3, 0.4) is 0 Å². The van der Waals surface area contributed by atoms with Gasteiger partial charge in [0.1, 0.15) is 0 Å². The summed E-state index contributed by atoms with van der Waals surface area (Å²) in [4.78, 5) is 27.1. The summed E-state index contributed by atoms with van der Waals surface area (Å²) in [6.45, 7) is 1.88. The largest absolute Gasteiger partial charge is 0.351 e. The minimum Gasteiger partial charge on any atom is -0.326 e. The number of nitrogens with one attached hydrogen (secondary N) is 1. The molecule has 2 aromatic heterocycles. The fraction of sp³-hybridized carbons (Fsp3) is 0.316. The van der Waals surface area contributed by atoms with Crippen LogP contribution in [-0.4, -0.2) is 38.1 Å². The van der Waals surface area contributed by atoms with Crippen molar-refractivity contribution in [3.8, 4) is 0 Å². The predicted octanol–water partition coefficient (Wildman–Crippen LogP) is 1.80. The Balaban J connectivity index is 1.44. The highest BCUT2D eigenvalue weighted by molar-refractivity contribution is 5.92. The number of amides is 1. The molecule has 1 amide bonds. The van der Waals surface area contributed by atoms with Crippen LogP contribution in [0.25, 0.3) is 5.65 Å². The zero-order chi connectivity index (χ0) is 17.9. The van der Waals surface area contributed by atoms with E-state index in [1.807, 2.05) is 48.5 Å². The number of likely N-dealkylation sites (tertiary alicyclic amines) is 1. The van der Waals surface area contributed by atoms with Gasteiger partial charge in [-0.15, -0.1) is 5.10 Å². The van der Waals surface area contributed by atoms with E-state index in [1.54, 1.807) is 6.20 Å². The van der Waals surface area contributed by atoms with Gasteiger partial charge in [0, 0.05) is 18.4 Å². The summed E-state index contributed by atoms with van der Waals surface area (Å²) >= 11 is 0. The van der Waals surface area contributed by atoms with Gasteiger partial charge >= 0.3 is 5.69 Å². The number of para-hydroxylation sites is 1. The first-order valence-corrected chi connectivity index (χ1v) is 8.83. The normalized spacial score (nSPS) is 18.1. The quantitative estimate of drug-likeness (QED) is 0.778. The summed E-state index contributed by atoms with van der Waals surface area (Å²) in [5.41, 5.74) is 1.29. The lowest BCUT2D eigenvalue weighted by Crippen LogP contribution is -2.43. The van der Waals surface area contributed by atoms with Gasteiger partial charge in [0.2, 0.25) is 5.91 Å². The van der Waals surface area contributed by atoms with E-state index in [9.17, 15) is 9.59 Å². The SMILES string of the molecule is O=C(Nc1ccccc1)C1CCCN(Cn2nc3ccccn3c2=O)C1. The third-order valence-electron chi connectivity index (χ3n) is 4.74. The van der Waals surface area contributed by atoms with E-state index in [4.69, 9.17) is 0 Å². The van der Waals surface area contributed by atoms with E-state index in [2.05, 4.69) is 15.3 Å². The average molecular weight is 351 g/mol. The van der Waals surface area contributed by atoms with Gasteiger partial charge in [-0.25, -0.2) is 4.79 Å². The Labute approximate surface area is 150 Å². The highest BCUT2D eigenvalue weighted by Gasteiger charge is 2.26. The lowest BCUT2D eigenvalue weighted by atomic mass is 9.97. The van der Waals surface area contributed by atoms with Crippen LogP contribution in [0.2, 0.25) is 0 Å². The summed E-state index contributed by atoms with van der Waals surface area (Å²) in [6, 6.07) is 15.0. The number of nitrogens with zero attached hydrogens (tertiary/aromatic N) is 4. The molecular formula is C19H21N5O2. The van der Waals surface area contributed by atoms with Crippen LogP contribution >= 0.6 is 0 Å². The molecule has 7 heteroatoms. The fourth-order valence-corrected chi connectivity index (χ4v) is 3.41. The standard InChI is InChI=1S/C19H21N5O2/c25-18(20-16-8-2-1-3-9-16)15-7-6-11-22(13-15)14-24-19(26)23-12-5-4-10-17(23)21-24/h1-5,8-10,12,15H,6-7,11,13-14H2,(H,20,25). The minimum atomic E-state index is -0.156. The lowest BCUT2D eigenvalue weighted by molar-refractivity contribution is -0.121. The van der Waals surface area contributed by atoms with E-state index < -0.39 is 0 Å². The molecule has 1 atom stereocenters. The Bertz CT molecular complexity index is 963. The van der Waals surface area contributed by atoms with E-state index in [0.29, 0.717) is 18.9 Å². The van der Waals surface area contributed by atoms with Crippen molar-refractivity contribution in [2.45, 2.75) is 19.5 Å². The smallest absolute Gasteiger partial charge is 0.326 e. The molecule has 0 aliphatic carbocycles. The van der Waals surface area contributed by atoms with Crippen molar-refractivity contribution in [1.29, 1.82) is 0 Å². The third kappa shape index (κ3) is 3.39. The Kier molecular flexibility index (Phi) is 4.53. The number of pyridine rings is 1. The van der Waals surface area contributed by atoms with Crippen molar-refractivity contribution in [1.82, 2.24) is 19.1 Å². The van der Waals surface area contributed by atoms with Gasteiger partial charge < -0.3 is 5.32 Å². The first-order valence-electron chi connectivity index (χ1n) is 8.83. The first-order chi connectivity index (χ1) is 12.7. The molecule has 0 radical (unpaired) electrons. The third-order valence-corrected chi connectivity index (χ3v) is 4.74. The predicted molar refractivity (Wildman–Crippen MR) is 98.8 cm³/mol. The molecule has 7 nitrogen and oxygen atoms in total. The van der Waals surface area contributed by atoms with Gasteiger partial charge in [0.05, 0.1) is 12.6 Å². The van der Waals surface area contributed by atoms with E-state index in [-0.39, 0.29) is 17.5 Å². The molecule has 1 aliphatic heterocycles. The number of carbonyl (C=O) groups excluding carboxylic acids is 1. The Hall–Kier alpha value is -2.93. The highest BCUT2D eigenvalue weighted by atomic mass is 16.2. The zero-order valence-electron chi connectivity index (χ0n) is 14.4. The zero-order valence-corrected chi connectivity index (χ0v) is 14.4. The molecule has 1 aromatic carbocycles. The van der Waals surface area contributed by atoms with Crippen LogP contribution in [0.4, 0.5) is 5.69 Å². The number of hydrogen-bond donors (Lipinski definition) is 1. The molecule has 3 heterocycles. The van der Waals surface area contributed by atoms with Crippen LogP contribution in [0.5, 0.6) is 0 Å². The number of rotatable bonds is 4. The molecule has 1 aliphatic rings. The van der Waals surface area contributed by atoms with Gasteiger partial charge in [0.25, 0.3) is 0 Å². The molecule has 0 spiro atoms. The monoisotopic (exact) mass is 351 g/mol. The molecule has 26 heavy (non-hydrogen) atoms. The number of hydrogen-bond acceptors (Lipinski definition) is 4. The van der Waals surface area contributed by atoms with Crippen LogP contribution < -0.4 is 11.0 Å². The maximum atomic E-state index is 12.5. The second kappa shape index (κ2) is 7.13. The van der Waals surface area contributed by atoms with Gasteiger partial charge in [-0.3, -0.25) is 14.1 Å². The maximum Gasteiger partial charge on any atom is 0.351 e. The molecule has 1 fully saturated rings. The van der Waals surface area contributed by atoms with Gasteiger partial charge in [-0.05, 0) is 43.7 Å². The maximum absolute atomic E-state index is 12.5. The Morgan fingerprint density at radius 1 is 1.15 bits per heavy atom. The van der Waals surface area contributed by atoms with Crippen molar-refractivity contribution in [3.63, 3.8) is 0 Å². The summed E-state index contributed by atoms with van der Waals surface area (Å²) in [5.74, 6) is -0.0556. The van der Waals surface area contributed by atoms with E-state index in [0.717, 1.165) is 25.1 Å². The number of aromatic nitrogens is 3. The van der Waals surface area contributed by atoms with Crippen LogP contribution in [-0.2, 0) is 11.5 Å². The molecule has 1 N–H and O–H groups in total. The lowest BCUT2D eigenvalue weighted by Gasteiger charge is -2.31. The molecule has 3 aromatic rings. The highest BCUT2D eigenvalue weighted by Crippen LogP contribution is 2.19. The first kappa shape index (κ1) is 16.5. The van der Waals surface area contributed by atoms with Gasteiger partial charge in [-0.2, -0.15) is 4.68 Å². The summed E-state index contributed by atoms with van der Waals surface area (Å²) in [7, 11) is 0. The molecule has 0 saturated carbocycles. The number of benzene rings is 1. The topological polar surface area (TPSA) is 71.6 Å². The molecule has 1 saturated heterocycles. The van der Waals surface area contributed by atoms with Crippen molar-refractivity contribution >= 4 is 17.2 Å². The molecule has 1 unspecified atom stereocenters. The number of carbonyl (C=O) groups is 1. The van der Waals surface area contributed by atoms with Crippen molar-refractivity contribution in [2.24, 2.45) is 5.92 Å².